The minimum Gasteiger partial charge on any atom is -0.464 e. The molecule has 0 saturated carbocycles. The summed E-state index contributed by atoms with van der Waals surface area (Å²) in [6.45, 7) is 14.2. The number of hydrogen-bond donors (Lipinski definition) is 0. The average Bonchev–Trinajstić information content (AvgIpc) is 2.55. The molecule has 148 valence electrons. The lowest BCUT2D eigenvalue weighted by molar-refractivity contribution is -0.128. The fourth-order valence-corrected chi connectivity index (χ4v) is 1.84. The van der Waals surface area contributed by atoms with Crippen LogP contribution in [-0.2, 0) is 19.1 Å². The number of rotatable bonds is 12. The van der Waals surface area contributed by atoms with Crippen LogP contribution in [0.1, 0.15) is 67.2 Å². The smallest absolute Gasteiger partial charge is 0.293 e. The summed E-state index contributed by atoms with van der Waals surface area (Å²) >= 11 is 0. The molecule has 26 heavy (non-hydrogen) atoms. The second-order valence-corrected chi connectivity index (χ2v) is 6.60. The van der Waals surface area contributed by atoms with Gasteiger partial charge in [-0.1, -0.05) is 34.4 Å². The van der Waals surface area contributed by atoms with E-state index in [1.54, 1.807) is 0 Å². The first kappa shape index (κ1) is 26.1. The van der Waals surface area contributed by atoms with Crippen molar-refractivity contribution in [2.75, 3.05) is 13.2 Å². The molecular weight excluding hydrogens is 328 g/mol. The average molecular weight is 365 g/mol. The molecule has 0 N–H and O–H groups in total. The third kappa shape index (κ3) is 24.2. The van der Waals surface area contributed by atoms with Gasteiger partial charge in [-0.15, -0.1) is 0 Å². The van der Waals surface area contributed by atoms with Crippen LogP contribution < -0.4 is 0 Å². The summed E-state index contributed by atoms with van der Waals surface area (Å²) in [6.07, 6.45) is 12.5. The van der Waals surface area contributed by atoms with E-state index in [2.05, 4.69) is 49.3 Å². The maximum atomic E-state index is 9.83. The number of carbonyl (C=O) groups excluding carboxylic acids is 2. The molecule has 0 heterocycles. The molecule has 4 heteroatoms. The summed E-state index contributed by atoms with van der Waals surface area (Å²) in [5.74, 6) is 0. The zero-order chi connectivity index (χ0) is 20.2. The van der Waals surface area contributed by atoms with E-state index in [4.69, 9.17) is 0 Å². The molecule has 0 atom stereocenters. The molecule has 0 radical (unpaired) electrons. The van der Waals surface area contributed by atoms with Crippen LogP contribution in [-0.4, -0.2) is 26.2 Å². The quantitative estimate of drug-likeness (QED) is 0.253. The third-order valence-electron chi connectivity index (χ3n) is 3.37. The molecule has 0 unspecified atom stereocenters. The van der Waals surface area contributed by atoms with Gasteiger partial charge in [-0.05, 0) is 79.4 Å². The van der Waals surface area contributed by atoms with Crippen LogP contribution in [0.5, 0.6) is 0 Å². The van der Waals surface area contributed by atoms with E-state index < -0.39 is 0 Å². The minimum atomic E-state index is 0.393. The molecule has 0 rings (SSSR count). The molecule has 0 aliphatic rings. The molecule has 0 fully saturated rings. The summed E-state index contributed by atoms with van der Waals surface area (Å²) in [7, 11) is 0. The lowest BCUT2D eigenvalue weighted by atomic mass is 10.1. The van der Waals surface area contributed by atoms with Gasteiger partial charge < -0.3 is 9.47 Å². The van der Waals surface area contributed by atoms with Crippen molar-refractivity contribution in [1.82, 2.24) is 0 Å². The highest BCUT2D eigenvalue weighted by molar-refractivity contribution is 5.37. The van der Waals surface area contributed by atoms with E-state index in [1.165, 1.54) is 22.3 Å². The Labute approximate surface area is 159 Å². The maximum absolute atomic E-state index is 9.83. The molecule has 0 aliphatic heterocycles. The SMILES string of the molecule is CC(C)=CCC/C(C)=C/COC=O.CC(C)=CCC/C(C)=C/COC=O. The van der Waals surface area contributed by atoms with Crippen LogP contribution in [0, 0.1) is 0 Å². The highest BCUT2D eigenvalue weighted by atomic mass is 16.5. The van der Waals surface area contributed by atoms with Crippen LogP contribution in [0.4, 0.5) is 0 Å². The number of carbonyl (C=O) groups is 2. The highest BCUT2D eigenvalue weighted by Gasteiger charge is 1.89. The van der Waals surface area contributed by atoms with Gasteiger partial charge in [-0.2, -0.15) is 0 Å². The Morgan fingerprint density at radius 2 is 0.962 bits per heavy atom. The van der Waals surface area contributed by atoms with Gasteiger partial charge >= 0.3 is 0 Å². The highest BCUT2D eigenvalue weighted by Crippen LogP contribution is 2.06. The standard InChI is InChI=1S/2C11H18O2/c2*1-10(2)5-4-6-11(3)7-8-13-9-12/h2*5,7,9H,4,6,8H2,1-3H3/b2*11-7+. The van der Waals surface area contributed by atoms with Crippen molar-refractivity contribution in [2.45, 2.75) is 67.2 Å². The van der Waals surface area contributed by atoms with E-state index in [0.717, 1.165) is 25.7 Å². The predicted octanol–water partition coefficient (Wildman–Crippen LogP) is 5.70. The first-order valence-corrected chi connectivity index (χ1v) is 9.01. The van der Waals surface area contributed by atoms with Crippen molar-refractivity contribution < 1.29 is 19.1 Å². The lowest BCUT2D eigenvalue weighted by Gasteiger charge is -1.98. The fraction of sp³-hybridized carbons (Fsp3) is 0.545. The van der Waals surface area contributed by atoms with Gasteiger partial charge in [0.2, 0.25) is 0 Å². The fourth-order valence-electron chi connectivity index (χ4n) is 1.84. The molecule has 0 aromatic carbocycles. The van der Waals surface area contributed by atoms with Crippen LogP contribution in [0.25, 0.3) is 0 Å². The molecule has 0 aliphatic carbocycles. The first-order chi connectivity index (χ1) is 12.3. The van der Waals surface area contributed by atoms with Crippen LogP contribution in [0.2, 0.25) is 0 Å². The van der Waals surface area contributed by atoms with Crippen LogP contribution >= 0.6 is 0 Å². The van der Waals surface area contributed by atoms with Crippen molar-refractivity contribution >= 4 is 12.9 Å². The second kappa shape index (κ2) is 19.2. The summed E-state index contributed by atoms with van der Waals surface area (Å²) in [5, 5.41) is 0. The Kier molecular flexibility index (Phi) is 19.3. The molecule has 0 aromatic heterocycles. The monoisotopic (exact) mass is 364 g/mol. The Hall–Kier alpha value is -2.10. The zero-order valence-corrected chi connectivity index (χ0v) is 17.3. The maximum Gasteiger partial charge on any atom is 0.293 e. The Bertz CT molecular complexity index is 442. The summed E-state index contributed by atoms with van der Waals surface area (Å²) in [4.78, 5) is 19.7. The van der Waals surface area contributed by atoms with Crippen molar-refractivity contribution in [1.29, 1.82) is 0 Å². The van der Waals surface area contributed by atoms with Crippen molar-refractivity contribution in [3.8, 4) is 0 Å². The second-order valence-electron chi connectivity index (χ2n) is 6.60. The van der Waals surface area contributed by atoms with Gasteiger partial charge in [-0.25, -0.2) is 0 Å². The van der Waals surface area contributed by atoms with Gasteiger partial charge in [0.15, 0.2) is 0 Å². The summed E-state index contributed by atoms with van der Waals surface area (Å²) in [6, 6.07) is 0. The topological polar surface area (TPSA) is 52.6 Å². The normalized spacial score (nSPS) is 10.8. The molecule has 4 nitrogen and oxygen atoms in total. The Morgan fingerprint density at radius 3 is 1.23 bits per heavy atom. The van der Waals surface area contributed by atoms with Crippen molar-refractivity contribution in [3.63, 3.8) is 0 Å². The van der Waals surface area contributed by atoms with Gasteiger partial charge in [-0.3, -0.25) is 9.59 Å². The number of hydrogen-bond acceptors (Lipinski definition) is 4. The number of ether oxygens (including phenoxy) is 2. The summed E-state index contributed by atoms with van der Waals surface area (Å²) in [5.41, 5.74) is 5.22. The largest absolute Gasteiger partial charge is 0.464 e. The molecular formula is C22H36O4. The van der Waals surface area contributed by atoms with E-state index >= 15 is 0 Å². The third-order valence-corrected chi connectivity index (χ3v) is 3.37. The molecule has 0 aromatic rings. The molecule has 0 bridgehead atoms. The van der Waals surface area contributed by atoms with E-state index in [9.17, 15) is 9.59 Å². The lowest BCUT2D eigenvalue weighted by Crippen LogP contribution is -1.88. The summed E-state index contributed by atoms with van der Waals surface area (Å²) < 4.78 is 9.12. The minimum absolute atomic E-state index is 0.393. The van der Waals surface area contributed by atoms with Crippen LogP contribution in [0.15, 0.2) is 46.6 Å². The van der Waals surface area contributed by atoms with Gasteiger partial charge in [0, 0.05) is 0 Å². The molecule has 0 amide bonds. The van der Waals surface area contributed by atoms with Gasteiger partial charge in [0.1, 0.15) is 13.2 Å². The van der Waals surface area contributed by atoms with Crippen molar-refractivity contribution in [2.24, 2.45) is 0 Å². The zero-order valence-electron chi connectivity index (χ0n) is 17.3. The Balaban J connectivity index is 0. The van der Waals surface area contributed by atoms with E-state index in [0.29, 0.717) is 26.2 Å². The predicted molar refractivity (Wildman–Crippen MR) is 109 cm³/mol. The van der Waals surface area contributed by atoms with E-state index in [-0.39, 0.29) is 0 Å². The van der Waals surface area contributed by atoms with Crippen LogP contribution in [0.3, 0.4) is 0 Å². The van der Waals surface area contributed by atoms with E-state index in [1.807, 2.05) is 26.0 Å². The van der Waals surface area contributed by atoms with Crippen molar-refractivity contribution in [3.05, 3.63) is 46.6 Å². The molecule has 0 spiro atoms. The number of allylic oxidation sites excluding steroid dienone is 6. The Morgan fingerprint density at radius 1 is 0.615 bits per heavy atom. The molecule has 0 saturated heterocycles. The van der Waals surface area contributed by atoms with Gasteiger partial charge in [0.25, 0.3) is 12.9 Å². The van der Waals surface area contributed by atoms with Gasteiger partial charge in [0.05, 0.1) is 0 Å². The first-order valence-electron chi connectivity index (χ1n) is 9.01.